The van der Waals surface area contributed by atoms with E-state index in [-0.39, 0.29) is 5.82 Å². The Labute approximate surface area is 249 Å². The molecule has 2 aromatic heterocycles. The number of anilines is 1. The van der Waals surface area contributed by atoms with Crippen molar-refractivity contribution in [3.8, 4) is 0 Å². The van der Waals surface area contributed by atoms with Crippen molar-refractivity contribution in [2.45, 2.75) is 92.6 Å². The van der Waals surface area contributed by atoms with E-state index in [0.717, 1.165) is 46.4 Å². The molecule has 0 bridgehead atoms. The predicted octanol–water partition coefficient (Wildman–Crippen LogP) is 8.54. The van der Waals surface area contributed by atoms with Gasteiger partial charge in [0.15, 0.2) is 0 Å². The fourth-order valence-corrected chi connectivity index (χ4v) is 4.27. The molecule has 0 spiro atoms. The fraction of sp³-hybridized carbons (Fsp3) is 0.441. The third-order valence-electron chi connectivity index (χ3n) is 6.72. The van der Waals surface area contributed by atoms with Crippen LogP contribution in [0.3, 0.4) is 0 Å². The number of carbonyl (C=O) groups excluding carboxylic acids is 1. The summed E-state index contributed by atoms with van der Waals surface area (Å²) in [4.78, 5) is 16.5. The van der Waals surface area contributed by atoms with Gasteiger partial charge in [0.2, 0.25) is 5.91 Å². The molecule has 6 nitrogen and oxygen atoms in total. The minimum Gasteiger partial charge on any atom is -0.388 e. The number of allylic oxidation sites excluding steroid dienone is 6. The molecule has 3 rings (SSSR count). The van der Waals surface area contributed by atoms with E-state index in [1.165, 1.54) is 6.42 Å². The minimum absolute atomic E-state index is 0.236. The van der Waals surface area contributed by atoms with Gasteiger partial charge < -0.3 is 10.4 Å². The molecule has 2 aromatic rings. The Hall–Kier alpha value is -3.65. The van der Waals surface area contributed by atoms with E-state index < -0.39 is 30.3 Å². The largest absolute Gasteiger partial charge is 0.388 e. The van der Waals surface area contributed by atoms with Crippen LogP contribution in [0.15, 0.2) is 77.8 Å². The highest BCUT2D eigenvalue weighted by atomic mass is 19.3. The lowest BCUT2D eigenvalue weighted by molar-refractivity contribution is -0.119. The molecule has 1 amide bonds. The van der Waals surface area contributed by atoms with Gasteiger partial charge in [-0.25, -0.2) is 18.4 Å². The Morgan fingerprint density at radius 3 is 2.45 bits per heavy atom. The summed E-state index contributed by atoms with van der Waals surface area (Å²) in [6.45, 7) is 18.1. The van der Waals surface area contributed by atoms with Crippen molar-refractivity contribution in [2.24, 2.45) is 5.92 Å². The lowest BCUT2D eigenvalue weighted by Gasteiger charge is -2.19. The van der Waals surface area contributed by atoms with E-state index >= 15 is 0 Å². The van der Waals surface area contributed by atoms with Gasteiger partial charge >= 0.3 is 0 Å². The quantitative estimate of drug-likeness (QED) is 0.247. The van der Waals surface area contributed by atoms with E-state index in [9.17, 15) is 18.7 Å². The molecule has 2 atom stereocenters. The molecule has 1 aliphatic carbocycles. The minimum atomic E-state index is -2.93. The number of pyridine rings is 1. The van der Waals surface area contributed by atoms with E-state index in [4.69, 9.17) is 0 Å². The molecule has 2 unspecified atom stereocenters. The van der Waals surface area contributed by atoms with Crippen molar-refractivity contribution in [2.75, 3.05) is 5.32 Å². The lowest BCUT2D eigenvalue weighted by Crippen LogP contribution is -2.18. The summed E-state index contributed by atoms with van der Waals surface area (Å²) in [6.07, 6.45) is 15.8. The summed E-state index contributed by atoms with van der Waals surface area (Å²) < 4.78 is 28.4. The first-order chi connectivity index (χ1) is 19.9. The maximum Gasteiger partial charge on any atom is 0.260 e. The van der Waals surface area contributed by atoms with Gasteiger partial charge in [-0.15, -0.1) is 0 Å². The zero-order valence-electron chi connectivity index (χ0n) is 26.0. The summed E-state index contributed by atoms with van der Waals surface area (Å²) in [7, 11) is 0. The molecule has 0 aromatic carbocycles. The third-order valence-corrected chi connectivity index (χ3v) is 6.72. The van der Waals surface area contributed by atoms with Crippen LogP contribution < -0.4 is 5.32 Å². The van der Waals surface area contributed by atoms with E-state index in [1.807, 2.05) is 62.9 Å². The highest BCUT2D eigenvalue weighted by Gasteiger charge is 2.61. The number of carbonyl (C=O) groups is 1. The monoisotopic (exact) mass is 580 g/mol. The summed E-state index contributed by atoms with van der Waals surface area (Å²) in [5.74, 6) is -4.71. The molecule has 0 aliphatic heterocycles. The first-order valence-electron chi connectivity index (χ1n) is 14.7. The van der Waals surface area contributed by atoms with E-state index in [0.29, 0.717) is 12.0 Å². The van der Waals surface area contributed by atoms with Gasteiger partial charge in [-0.3, -0.25) is 4.79 Å². The van der Waals surface area contributed by atoms with Crippen LogP contribution in [-0.2, 0) is 4.79 Å². The highest BCUT2D eigenvalue weighted by Crippen LogP contribution is 2.49. The van der Waals surface area contributed by atoms with E-state index in [1.54, 1.807) is 18.5 Å². The van der Waals surface area contributed by atoms with E-state index in [2.05, 4.69) is 48.8 Å². The number of hydrogen-bond donors (Lipinski definition) is 2. The lowest BCUT2D eigenvalue weighted by atomic mass is 9.91. The molecular weight excluding hydrogens is 534 g/mol. The molecule has 0 saturated heterocycles. The van der Waals surface area contributed by atoms with Crippen molar-refractivity contribution in [1.29, 1.82) is 0 Å². The molecule has 42 heavy (non-hydrogen) atoms. The molecule has 228 valence electrons. The van der Waals surface area contributed by atoms with Gasteiger partial charge in [0.1, 0.15) is 11.7 Å². The standard InChI is InChI=1S/C31H38F2N4O2.C3H8/c1-7-10-12-27(37-14-11-13-35-37)25(24(8-2)21(5)15-22(6)28(38)9-3)17-23-19-34-29(16-20(23)4)36-30(39)26-18-31(26,32)33;1-3-2/h8,11-17,19,26,28,38H,6-7,9-10,18H2,1-5H3,(H,34,36,39);3H2,1-2H3/b21-15-,24-8+,25-17-,27-12-;. The number of aryl methyl sites for hydroxylation is 1. The van der Waals surface area contributed by atoms with Gasteiger partial charge in [0.25, 0.3) is 5.92 Å². The molecule has 8 heteroatoms. The maximum absolute atomic E-state index is 13.3. The van der Waals surface area contributed by atoms with Crippen LogP contribution in [0.5, 0.6) is 0 Å². The number of alkyl halides is 2. The van der Waals surface area contributed by atoms with Crippen LogP contribution in [0.25, 0.3) is 11.8 Å². The van der Waals surface area contributed by atoms with Crippen LogP contribution in [-0.4, -0.2) is 37.8 Å². The molecule has 1 fully saturated rings. The highest BCUT2D eigenvalue weighted by molar-refractivity contribution is 5.94. The van der Waals surface area contributed by atoms with Gasteiger partial charge in [0.05, 0.1) is 11.8 Å². The zero-order valence-corrected chi connectivity index (χ0v) is 26.0. The van der Waals surface area contributed by atoms with Crippen LogP contribution in [0.2, 0.25) is 0 Å². The van der Waals surface area contributed by atoms with Crippen molar-refractivity contribution < 1.29 is 18.7 Å². The number of aromatic nitrogens is 3. The number of nitrogens with one attached hydrogen (secondary N) is 1. The van der Waals surface area contributed by atoms with Crippen LogP contribution in [0.4, 0.5) is 14.6 Å². The van der Waals surface area contributed by atoms with Crippen molar-refractivity contribution in [3.63, 3.8) is 0 Å². The summed E-state index contributed by atoms with van der Waals surface area (Å²) in [5, 5.41) is 17.3. The van der Waals surface area contributed by atoms with Crippen molar-refractivity contribution in [1.82, 2.24) is 14.8 Å². The fourth-order valence-electron chi connectivity index (χ4n) is 4.27. The van der Waals surface area contributed by atoms with Gasteiger partial charge in [-0.05, 0) is 79.7 Å². The number of rotatable bonds is 12. The van der Waals surface area contributed by atoms with Crippen molar-refractivity contribution in [3.05, 3.63) is 88.9 Å². The zero-order chi connectivity index (χ0) is 31.4. The maximum atomic E-state index is 13.3. The molecule has 2 N–H and O–H groups in total. The normalized spacial score (nSPS) is 17.7. The average Bonchev–Trinajstić information content (AvgIpc) is 3.30. The Balaban J connectivity index is 0.00000197. The van der Waals surface area contributed by atoms with Gasteiger partial charge in [0, 0.05) is 30.6 Å². The summed E-state index contributed by atoms with van der Waals surface area (Å²) >= 11 is 0. The summed E-state index contributed by atoms with van der Waals surface area (Å²) in [6, 6.07) is 3.55. The first-order valence-corrected chi connectivity index (χ1v) is 14.7. The number of halogens is 2. The Kier molecular flexibility index (Phi) is 13.3. The van der Waals surface area contributed by atoms with Gasteiger partial charge in [-0.2, -0.15) is 5.10 Å². The first kappa shape index (κ1) is 34.6. The van der Waals surface area contributed by atoms with Crippen LogP contribution in [0, 0.1) is 12.8 Å². The predicted molar refractivity (Wildman–Crippen MR) is 169 cm³/mol. The third kappa shape index (κ3) is 9.44. The SMILES string of the molecule is C=C(\C=C(C)/C(=C\C)C(=C/c1cnc(NC(=O)C2CC2(F)F)cc1C)/C(=C/CCC)n1cccn1)C(O)CC.CCC. The van der Waals surface area contributed by atoms with Crippen LogP contribution in [0.1, 0.15) is 84.8 Å². The molecule has 2 heterocycles. The van der Waals surface area contributed by atoms with Gasteiger partial charge in [-0.1, -0.05) is 65.3 Å². The Bertz CT molecular complexity index is 1340. The second kappa shape index (κ2) is 16.1. The van der Waals surface area contributed by atoms with Crippen molar-refractivity contribution >= 4 is 23.5 Å². The topological polar surface area (TPSA) is 80.0 Å². The number of hydrogen-bond acceptors (Lipinski definition) is 4. The molecular formula is C34H46F2N4O2. The summed E-state index contributed by atoms with van der Waals surface area (Å²) in [5.41, 5.74) is 5.89. The Morgan fingerprint density at radius 2 is 1.95 bits per heavy atom. The molecule has 0 radical (unpaired) electrons. The average molecular weight is 581 g/mol. The number of nitrogens with zero attached hydrogens (tertiary/aromatic N) is 3. The number of aliphatic hydroxyl groups excluding tert-OH is 1. The van der Waals surface area contributed by atoms with Crippen LogP contribution >= 0.6 is 0 Å². The molecule has 1 saturated carbocycles. The number of aliphatic hydroxyl groups is 1. The second-order valence-electron chi connectivity index (χ2n) is 10.6. The molecule has 1 aliphatic rings. The second-order valence-corrected chi connectivity index (χ2v) is 10.6. The smallest absolute Gasteiger partial charge is 0.260 e. The Morgan fingerprint density at radius 1 is 1.29 bits per heavy atom. The number of unbranched alkanes of at least 4 members (excludes halogenated alkanes) is 1. The number of amides is 1.